The molecule has 0 unspecified atom stereocenters. The van der Waals surface area contributed by atoms with Gasteiger partial charge in [-0.1, -0.05) is 0 Å². The number of hydrogen-bond donors (Lipinski definition) is 3. The fourth-order valence-electron chi connectivity index (χ4n) is 1.68. The van der Waals surface area contributed by atoms with Gasteiger partial charge in [-0.25, -0.2) is 4.98 Å². The Morgan fingerprint density at radius 3 is 2.87 bits per heavy atom. The zero-order valence-electron chi connectivity index (χ0n) is 8.49. The predicted molar refractivity (Wildman–Crippen MR) is 57.4 cm³/mol. The molecule has 6 heteroatoms. The molecule has 1 aromatic heterocycles. The molecule has 4 N–H and O–H groups in total. The molecule has 1 aliphatic heterocycles. The van der Waals surface area contributed by atoms with Crippen LogP contribution in [0.25, 0.3) is 0 Å². The van der Waals surface area contributed by atoms with Crippen molar-refractivity contribution in [2.45, 2.75) is 6.54 Å². The van der Waals surface area contributed by atoms with Gasteiger partial charge in [0.15, 0.2) is 0 Å². The number of aromatic nitrogens is 2. The normalized spacial score (nSPS) is 17.9. The van der Waals surface area contributed by atoms with Crippen LogP contribution in [0.5, 0.6) is 0 Å². The maximum atomic E-state index is 11.1. The molecular weight excluding hydrogens is 194 g/mol. The van der Waals surface area contributed by atoms with Gasteiger partial charge in [-0.15, -0.1) is 0 Å². The van der Waals surface area contributed by atoms with Crippen molar-refractivity contribution < 1.29 is 0 Å². The zero-order chi connectivity index (χ0) is 10.7. The molecule has 82 valence electrons. The first kappa shape index (κ1) is 10.1. The first-order valence-electron chi connectivity index (χ1n) is 5.03. The van der Waals surface area contributed by atoms with Crippen molar-refractivity contribution in [3.05, 3.63) is 22.2 Å². The molecule has 15 heavy (non-hydrogen) atoms. The van der Waals surface area contributed by atoms with E-state index in [1.54, 1.807) is 0 Å². The molecule has 1 fully saturated rings. The minimum absolute atomic E-state index is 0.187. The van der Waals surface area contributed by atoms with Gasteiger partial charge in [-0.2, -0.15) is 0 Å². The van der Waals surface area contributed by atoms with E-state index in [4.69, 9.17) is 5.73 Å². The molecule has 0 radical (unpaired) electrons. The highest BCUT2D eigenvalue weighted by Crippen LogP contribution is 2.00. The fourth-order valence-corrected chi connectivity index (χ4v) is 1.68. The Hall–Kier alpha value is -1.40. The molecular formula is C9H15N5O. The quantitative estimate of drug-likeness (QED) is 0.567. The lowest BCUT2D eigenvalue weighted by Crippen LogP contribution is -2.43. The van der Waals surface area contributed by atoms with Gasteiger partial charge < -0.3 is 16.0 Å². The summed E-state index contributed by atoms with van der Waals surface area (Å²) in [7, 11) is 0. The molecule has 2 heterocycles. The Morgan fingerprint density at radius 1 is 1.47 bits per heavy atom. The van der Waals surface area contributed by atoms with E-state index in [2.05, 4.69) is 20.2 Å². The number of nitrogen functional groups attached to an aromatic ring is 1. The molecule has 1 saturated heterocycles. The summed E-state index contributed by atoms with van der Waals surface area (Å²) >= 11 is 0. The molecule has 1 aliphatic rings. The number of H-pyrrole nitrogens is 1. The zero-order valence-corrected chi connectivity index (χ0v) is 8.49. The minimum atomic E-state index is -0.187. The summed E-state index contributed by atoms with van der Waals surface area (Å²) in [5, 5.41) is 3.26. The summed E-state index contributed by atoms with van der Waals surface area (Å²) < 4.78 is 0. The van der Waals surface area contributed by atoms with Crippen LogP contribution in [0.15, 0.2) is 10.9 Å². The van der Waals surface area contributed by atoms with E-state index in [0.717, 1.165) is 26.2 Å². The number of rotatable bonds is 2. The Balaban J connectivity index is 2.06. The van der Waals surface area contributed by atoms with Gasteiger partial charge in [0.25, 0.3) is 5.56 Å². The van der Waals surface area contributed by atoms with Gasteiger partial charge in [-0.05, 0) is 0 Å². The topological polar surface area (TPSA) is 87.0 Å². The van der Waals surface area contributed by atoms with Gasteiger partial charge >= 0.3 is 0 Å². The minimum Gasteiger partial charge on any atom is -0.383 e. The summed E-state index contributed by atoms with van der Waals surface area (Å²) in [4.78, 5) is 20.2. The van der Waals surface area contributed by atoms with Crippen LogP contribution >= 0.6 is 0 Å². The van der Waals surface area contributed by atoms with Gasteiger partial charge in [0.2, 0.25) is 0 Å². The second-order valence-corrected chi connectivity index (χ2v) is 3.64. The van der Waals surface area contributed by atoms with Gasteiger partial charge in [0.05, 0.1) is 6.54 Å². The average Bonchev–Trinajstić information content (AvgIpc) is 2.17. The van der Waals surface area contributed by atoms with Gasteiger partial charge in [0, 0.05) is 32.2 Å². The van der Waals surface area contributed by atoms with Crippen molar-refractivity contribution >= 4 is 5.82 Å². The van der Waals surface area contributed by atoms with Crippen LogP contribution in [0.2, 0.25) is 0 Å². The molecule has 2 rings (SSSR count). The second kappa shape index (κ2) is 4.41. The second-order valence-electron chi connectivity index (χ2n) is 3.64. The van der Waals surface area contributed by atoms with Gasteiger partial charge in [-0.3, -0.25) is 9.69 Å². The fraction of sp³-hybridized carbons (Fsp3) is 0.556. The third-order valence-corrected chi connectivity index (χ3v) is 2.39. The number of piperazine rings is 1. The van der Waals surface area contributed by atoms with E-state index < -0.39 is 0 Å². The van der Waals surface area contributed by atoms with E-state index in [0.29, 0.717) is 12.4 Å². The van der Waals surface area contributed by atoms with E-state index in [-0.39, 0.29) is 11.4 Å². The lowest BCUT2D eigenvalue weighted by atomic mass is 10.3. The number of nitrogens with zero attached hydrogens (tertiary/aromatic N) is 2. The van der Waals surface area contributed by atoms with Crippen LogP contribution in [0, 0.1) is 0 Å². The van der Waals surface area contributed by atoms with Crippen molar-refractivity contribution in [2.75, 3.05) is 31.9 Å². The van der Waals surface area contributed by atoms with Crippen LogP contribution in [0.4, 0.5) is 5.82 Å². The van der Waals surface area contributed by atoms with Crippen LogP contribution in [0.1, 0.15) is 5.82 Å². The largest absolute Gasteiger partial charge is 0.383 e. The standard InChI is InChI=1S/C9H15N5O/c10-7-5-9(15)13-8(12-7)6-14-3-1-11-2-4-14/h5,11H,1-4,6H2,(H3,10,12,13,15). The molecule has 0 saturated carbocycles. The Kier molecular flexibility index (Phi) is 2.98. The summed E-state index contributed by atoms with van der Waals surface area (Å²) in [6.45, 7) is 4.55. The SMILES string of the molecule is Nc1cc(=O)[nH]c(CN2CCNCC2)n1. The summed E-state index contributed by atoms with van der Waals surface area (Å²) in [5.74, 6) is 0.922. The summed E-state index contributed by atoms with van der Waals surface area (Å²) in [6, 6.07) is 1.29. The molecule has 0 spiro atoms. The van der Waals surface area contributed by atoms with Gasteiger partial charge in [0.1, 0.15) is 11.6 Å². The third kappa shape index (κ3) is 2.77. The molecule has 0 aromatic carbocycles. The van der Waals surface area contributed by atoms with Crippen LogP contribution in [-0.4, -0.2) is 41.0 Å². The number of anilines is 1. The molecule has 0 aliphatic carbocycles. The van der Waals surface area contributed by atoms with Crippen molar-refractivity contribution in [3.8, 4) is 0 Å². The predicted octanol–water partition coefficient (Wildman–Crippen LogP) is -1.24. The number of hydrogen-bond acceptors (Lipinski definition) is 5. The third-order valence-electron chi connectivity index (χ3n) is 2.39. The number of aromatic amines is 1. The van der Waals surface area contributed by atoms with Crippen molar-refractivity contribution in [2.24, 2.45) is 0 Å². The maximum absolute atomic E-state index is 11.1. The molecule has 0 amide bonds. The lowest BCUT2D eigenvalue weighted by molar-refractivity contribution is 0.228. The first-order valence-corrected chi connectivity index (χ1v) is 5.03. The highest BCUT2D eigenvalue weighted by molar-refractivity contribution is 5.25. The lowest BCUT2D eigenvalue weighted by Gasteiger charge is -2.26. The average molecular weight is 209 g/mol. The Morgan fingerprint density at radius 2 is 2.20 bits per heavy atom. The van der Waals surface area contributed by atoms with Crippen LogP contribution in [-0.2, 0) is 6.54 Å². The number of nitrogens with two attached hydrogens (primary N) is 1. The molecule has 6 nitrogen and oxygen atoms in total. The Bertz CT molecular complexity index is 382. The molecule has 1 aromatic rings. The Labute approximate surface area is 87.5 Å². The van der Waals surface area contributed by atoms with Crippen LogP contribution < -0.4 is 16.6 Å². The maximum Gasteiger partial charge on any atom is 0.253 e. The summed E-state index contributed by atoms with van der Waals surface area (Å²) in [6.07, 6.45) is 0. The van der Waals surface area contributed by atoms with Crippen molar-refractivity contribution in [3.63, 3.8) is 0 Å². The van der Waals surface area contributed by atoms with Crippen molar-refractivity contribution in [1.29, 1.82) is 0 Å². The smallest absolute Gasteiger partial charge is 0.253 e. The summed E-state index contributed by atoms with van der Waals surface area (Å²) in [5.41, 5.74) is 5.32. The van der Waals surface area contributed by atoms with Crippen LogP contribution in [0.3, 0.4) is 0 Å². The highest BCUT2D eigenvalue weighted by atomic mass is 16.1. The number of nitrogens with one attached hydrogen (secondary N) is 2. The van der Waals surface area contributed by atoms with E-state index in [1.807, 2.05) is 0 Å². The highest BCUT2D eigenvalue weighted by Gasteiger charge is 2.11. The first-order chi connectivity index (χ1) is 7.24. The van der Waals surface area contributed by atoms with E-state index >= 15 is 0 Å². The molecule has 0 bridgehead atoms. The monoisotopic (exact) mass is 209 g/mol. The van der Waals surface area contributed by atoms with E-state index in [9.17, 15) is 4.79 Å². The van der Waals surface area contributed by atoms with E-state index in [1.165, 1.54) is 6.07 Å². The van der Waals surface area contributed by atoms with Crippen molar-refractivity contribution in [1.82, 2.24) is 20.2 Å². The molecule has 0 atom stereocenters.